The van der Waals surface area contributed by atoms with E-state index in [1.165, 1.54) is 12.8 Å². The van der Waals surface area contributed by atoms with Crippen molar-refractivity contribution < 1.29 is 4.79 Å². The number of nitrogens with two attached hydrogens (primary N) is 1. The van der Waals surface area contributed by atoms with Gasteiger partial charge in [0, 0.05) is 21.2 Å². The average molecular weight is 365 g/mol. The van der Waals surface area contributed by atoms with Gasteiger partial charge in [0.25, 0.3) is 5.91 Å². The van der Waals surface area contributed by atoms with Crippen LogP contribution in [0.4, 0.5) is 0 Å². The zero-order valence-electron chi connectivity index (χ0n) is 9.25. The number of rotatable bonds is 4. The van der Waals surface area contributed by atoms with Gasteiger partial charge in [-0.2, -0.15) is 0 Å². The number of carbonyl (C=O) groups is 1. The van der Waals surface area contributed by atoms with Crippen molar-refractivity contribution in [2.24, 2.45) is 11.7 Å². The quantitative estimate of drug-likeness (QED) is 0.806. The first-order valence-electron chi connectivity index (χ1n) is 5.57. The van der Waals surface area contributed by atoms with Crippen molar-refractivity contribution in [2.75, 3.05) is 6.54 Å². The molecule has 0 radical (unpaired) electrons. The van der Waals surface area contributed by atoms with Gasteiger partial charge in [-0.3, -0.25) is 4.79 Å². The van der Waals surface area contributed by atoms with Gasteiger partial charge in [0.05, 0.1) is 5.56 Å². The lowest BCUT2D eigenvalue weighted by atomic mass is 10.2. The number of amides is 1. The molecule has 1 aliphatic carbocycles. The van der Waals surface area contributed by atoms with Crippen LogP contribution in [0, 0.1) is 9.49 Å². The van der Waals surface area contributed by atoms with Crippen LogP contribution in [0.5, 0.6) is 0 Å². The van der Waals surface area contributed by atoms with E-state index in [0.29, 0.717) is 23.0 Å². The highest BCUT2D eigenvalue weighted by atomic mass is 127. The maximum absolute atomic E-state index is 11.9. The fraction of sp³-hybridized carbons (Fsp3) is 0.417. The van der Waals surface area contributed by atoms with E-state index in [1.54, 1.807) is 12.1 Å². The summed E-state index contributed by atoms with van der Waals surface area (Å²) in [7, 11) is 0. The van der Waals surface area contributed by atoms with E-state index in [2.05, 4.69) is 27.9 Å². The Balaban J connectivity index is 1.96. The molecule has 1 aromatic carbocycles. The first-order valence-corrected chi connectivity index (χ1v) is 7.02. The van der Waals surface area contributed by atoms with Crippen LogP contribution in [-0.4, -0.2) is 18.5 Å². The highest BCUT2D eigenvalue weighted by Gasteiger charge is 2.28. The molecule has 0 aromatic heterocycles. The van der Waals surface area contributed by atoms with Gasteiger partial charge in [-0.15, -0.1) is 0 Å². The molecule has 1 saturated carbocycles. The largest absolute Gasteiger partial charge is 0.350 e. The minimum Gasteiger partial charge on any atom is -0.350 e. The van der Waals surface area contributed by atoms with Crippen LogP contribution in [0.2, 0.25) is 5.02 Å². The SMILES string of the molecule is NC(CNC(=O)c1cc(Cl)ccc1I)C1CC1. The van der Waals surface area contributed by atoms with Gasteiger partial charge in [0.1, 0.15) is 0 Å². The molecule has 2 rings (SSSR count). The number of halogens is 2. The Bertz CT molecular complexity index is 435. The summed E-state index contributed by atoms with van der Waals surface area (Å²) in [5.41, 5.74) is 6.54. The van der Waals surface area contributed by atoms with Crippen LogP contribution in [0.15, 0.2) is 18.2 Å². The third-order valence-electron chi connectivity index (χ3n) is 2.90. The summed E-state index contributed by atoms with van der Waals surface area (Å²) < 4.78 is 0.893. The highest BCUT2D eigenvalue weighted by Crippen LogP contribution is 2.31. The Morgan fingerprint density at radius 1 is 1.59 bits per heavy atom. The summed E-state index contributed by atoms with van der Waals surface area (Å²) in [6.07, 6.45) is 2.37. The van der Waals surface area contributed by atoms with E-state index in [-0.39, 0.29) is 11.9 Å². The highest BCUT2D eigenvalue weighted by molar-refractivity contribution is 14.1. The third kappa shape index (κ3) is 3.56. The molecule has 3 nitrogen and oxygen atoms in total. The van der Waals surface area contributed by atoms with Crippen molar-refractivity contribution in [3.05, 3.63) is 32.4 Å². The van der Waals surface area contributed by atoms with Crippen LogP contribution in [-0.2, 0) is 0 Å². The zero-order chi connectivity index (χ0) is 12.4. The van der Waals surface area contributed by atoms with E-state index >= 15 is 0 Å². The molecular weight excluding hydrogens is 351 g/mol. The van der Waals surface area contributed by atoms with Crippen LogP contribution in [0.25, 0.3) is 0 Å². The van der Waals surface area contributed by atoms with Crippen LogP contribution in [0.1, 0.15) is 23.2 Å². The molecule has 0 saturated heterocycles. The van der Waals surface area contributed by atoms with E-state index in [0.717, 1.165) is 3.57 Å². The summed E-state index contributed by atoms with van der Waals surface area (Å²) in [6.45, 7) is 0.534. The van der Waals surface area contributed by atoms with E-state index in [9.17, 15) is 4.79 Å². The van der Waals surface area contributed by atoms with Gasteiger partial charge in [0.2, 0.25) is 0 Å². The monoisotopic (exact) mass is 364 g/mol. The second-order valence-electron chi connectivity index (χ2n) is 4.34. The van der Waals surface area contributed by atoms with E-state index in [1.807, 2.05) is 6.07 Å². The molecule has 0 bridgehead atoms. The molecule has 0 heterocycles. The Kier molecular flexibility index (Phi) is 4.27. The van der Waals surface area contributed by atoms with E-state index < -0.39 is 0 Å². The van der Waals surface area contributed by atoms with Crippen LogP contribution < -0.4 is 11.1 Å². The van der Waals surface area contributed by atoms with Gasteiger partial charge in [-0.05, 0) is 59.5 Å². The maximum Gasteiger partial charge on any atom is 0.252 e. The summed E-state index contributed by atoms with van der Waals surface area (Å²) in [4.78, 5) is 11.9. The fourth-order valence-corrected chi connectivity index (χ4v) is 2.42. The van der Waals surface area contributed by atoms with E-state index in [4.69, 9.17) is 17.3 Å². The summed E-state index contributed by atoms with van der Waals surface area (Å²) in [5, 5.41) is 3.43. The lowest BCUT2D eigenvalue weighted by Gasteiger charge is -2.12. The smallest absolute Gasteiger partial charge is 0.252 e. The molecule has 1 aliphatic rings. The minimum absolute atomic E-state index is 0.0794. The van der Waals surface area contributed by atoms with Crippen molar-refractivity contribution in [1.82, 2.24) is 5.32 Å². The minimum atomic E-state index is -0.104. The van der Waals surface area contributed by atoms with Crippen LogP contribution >= 0.6 is 34.2 Å². The fourth-order valence-electron chi connectivity index (χ4n) is 1.67. The molecule has 5 heteroatoms. The van der Waals surface area contributed by atoms with Gasteiger partial charge in [-0.25, -0.2) is 0 Å². The summed E-state index contributed by atoms with van der Waals surface area (Å²) >= 11 is 8.00. The molecule has 1 aromatic rings. The molecule has 3 N–H and O–H groups in total. The zero-order valence-corrected chi connectivity index (χ0v) is 12.2. The van der Waals surface area contributed by atoms with Crippen LogP contribution in [0.3, 0.4) is 0 Å². The predicted molar refractivity (Wildman–Crippen MR) is 77.2 cm³/mol. The maximum atomic E-state index is 11.9. The first-order chi connectivity index (χ1) is 8.08. The molecule has 0 aliphatic heterocycles. The Morgan fingerprint density at radius 2 is 2.29 bits per heavy atom. The second-order valence-corrected chi connectivity index (χ2v) is 5.93. The number of hydrogen-bond acceptors (Lipinski definition) is 2. The summed E-state index contributed by atoms with van der Waals surface area (Å²) in [5.74, 6) is 0.488. The molecule has 1 fully saturated rings. The summed E-state index contributed by atoms with van der Waals surface area (Å²) in [6, 6.07) is 5.37. The molecular formula is C12H14ClIN2O. The molecule has 1 unspecified atom stereocenters. The molecule has 17 heavy (non-hydrogen) atoms. The topological polar surface area (TPSA) is 55.1 Å². The van der Waals surface area contributed by atoms with Crippen molar-refractivity contribution in [1.29, 1.82) is 0 Å². The molecule has 0 spiro atoms. The Hall–Kier alpha value is -0.330. The van der Waals surface area contributed by atoms with Crippen molar-refractivity contribution >= 4 is 40.1 Å². The lowest BCUT2D eigenvalue weighted by molar-refractivity contribution is 0.0949. The van der Waals surface area contributed by atoms with Crippen molar-refractivity contribution in [2.45, 2.75) is 18.9 Å². The lowest BCUT2D eigenvalue weighted by Crippen LogP contribution is -2.38. The normalized spacial score (nSPS) is 16.6. The molecule has 1 amide bonds. The Morgan fingerprint density at radius 3 is 2.94 bits per heavy atom. The van der Waals surface area contributed by atoms with Gasteiger partial charge >= 0.3 is 0 Å². The third-order valence-corrected chi connectivity index (χ3v) is 4.07. The van der Waals surface area contributed by atoms with Gasteiger partial charge in [0.15, 0.2) is 0 Å². The second kappa shape index (κ2) is 5.54. The first kappa shape index (κ1) is 13.1. The van der Waals surface area contributed by atoms with Gasteiger partial charge in [-0.1, -0.05) is 11.6 Å². The predicted octanol–water partition coefficient (Wildman–Crippen LogP) is 2.41. The standard InChI is InChI=1S/C12H14ClIN2O/c13-8-3-4-10(14)9(5-8)12(17)16-6-11(15)7-1-2-7/h3-5,7,11H,1-2,6,15H2,(H,16,17). The molecule has 1 atom stereocenters. The van der Waals surface area contributed by atoms with Crippen molar-refractivity contribution in [3.63, 3.8) is 0 Å². The number of nitrogens with one attached hydrogen (secondary N) is 1. The number of hydrogen-bond donors (Lipinski definition) is 2. The van der Waals surface area contributed by atoms with Crippen molar-refractivity contribution in [3.8, 4) is 0 Å². The number of benzene rings is 1. The average Bonchev–Trinajstić information content (AvgIpc) is 3.12. The number of carbonyl (C=O) groups excluding carboxylic acids is 1. The van der Waals surface area contributed by atoms with Gasteiger partial charge < -0.3 is 11.1 Å². The Labute approximate surface area is 119 Å². The molecule has 92 valence electrons.